The molecule has 0 atom stereocenters. The van der Waals surface area contributed by atoms with Crippen LogP contribution in [0.15, 0.2) is 47.9 Å². The average Bonchev–Trinajstić information content (AvgIpc) is 2.44. The zero-order valence-electron chi connectivity index (χ0n) is 10.9. The predicted octanol–water partition coefficient (Wildman–Crippen LogP) is 0.456. The van der Waals surface area contributed by atoms with Gasteiger partial charge in [-0.25, -0.2) is 23.5 Å². The summed E-state index contributed by atoms with van der Waals surface area (Å²) in [6.45, 7) is 1.49. The van der Waals surface area contributed by atoms with Crippen molar-refractivity contribution in [1.29, 1.82) is 0 Å². The van der Waals surface area contributed by atoms with Crippen LogP contribution >= 0.6 is 0 Å². The Morgan fingerprint density at radius 3 is 2.30 bits per heavy atom. The van der Waals surface area contributed by atoms with Crippen molar-refractivity contribution < 1.29 is 8.42 Å². The van der Waals surface area contributed by atoms with Crippen LogP contribution in [0.3, 0.4) is 0 Å². The van der Waals surface area contributed by atoms with E-state index in [0.29, 0.717) is 6.54 Å². The second-order valence-electron chi connectivity index (χ2n) is 4.36. The molecule has 2 rings (SSSR count). The van der Waals surface area contributed by atoms with Crippen LogP contribution in [0.1, 0.15) is 11.1 Å². The number of aromatic nitrogens is 2. The summed E-state index contributed by atoms with van der Waals surface area (Å²) in [5.41, 5.74) is 2.08. The molecular weight excluding hydrogens is 276 g/mol. The van der Waals surface area contributed by atoms with Gasteiger partial charge in [-0.2, -0.15) is 0 Å². The lowest BCUT2D eigenvalue weighted by molar-refractivity contribution is 0.597. The zero-order valence-corrected chi connectivity index (χ0v) is 11.7. The fraction of sp³-hybridized carbons (Fsp3) is 0.231. The Morgan fingerprint density at radius 1 is 1.05 bits per heavy atom. The molecule has 0 bridgehead atoms. The highest BCUT2D eigenvalue weighted by Gasteiger charge is 2.06. The van der Waals surface area contributed by atoms with Crippen LogP contribution in [-0.2, 0) is 23.0 Å². The molecule has 0 saturated carbocycles. The first kappa shape index (κ1) is 14.6. The lowest BCUT2D eigenvalue weighted by Crippen LogP contribution is -2.17. The number of hydrogen-bond acceptors (Lipinski definition) is 5. The van der Waals surface area contributed by atoms with Gasteiger partial charge >= 0.3 is 0 Å². The number of primary sulfonamides is 1. The van der Waals surface area contributed by atoms with E-state index < -0.39 is 10.0 Å². The number of benzene rings is 1. The van der Waals surface area contributed by atoms with Gasteiger partial charge in [-0.3, -0.25) is 0 Å². The molecule has 6 nitrogen and oxygen atoms in total. The molecular formula is C13H16N4O2S. The summed E-state index contributed by atoms with van der Waals surface area (Å²) in [6.07, 6.45) is 5.83. The van der Waals surface area contributed by atoms with Crippen LogP contribution in [0.25, 0.3) is 0 Å². The maximum atomic E-state index is 11.1. The van der Waals surface area contributed by atoms with Gasteiger partial charge in [0, 0.05) is 24.5 Å². The van der Waals surface area contributed by atoms with Crippen molar-refractivity contribution in [1.82, 2.24) is 15.3 Å². The monoisotopic (exact) mass is 292 g/mol. The van der Waals surface area contributed by atoms with Gasteiger partial charge in [0.25, 0.3) is 0 Å². The molecule has 3 N–H and O–H groups in total. The molecule has 0 fully saturated rings. The number of nitrogens with two attached hydrogens (primary N) is 1. The maximum Gasteiger partial charge on any atom is 0.238 e. The van der Waals surface area contributed by atoms with Gasteiger partial charge in [-0.05, 0) is 30.7 Å². The summed E-state index contributed by atoms with van der Waals surface area (Å²) in [5.74, 6) is 0. The van der Waals surface area contributed by atoms with Crippen LogP contribution in [-0.4, -0.2) is 24.9 Å². The molecule has 2 aromatic rings. The Kier molecular flexibility index (Phi) is 4.78. The normalized spacial score (nSPS) is 11.4. The van der Waals surface area contributed by atoms with Gasteiger partial charge < -0.3 is 5.32 Å². The van der Waals surface area contributed by atoms with E-state index in [4.69, 9.17) is 5.14 Å². The van der Waals surface area contributed by atoms with E-state index in [9.17, 15) is 8.42 Å². The number of sulfonamides is 1. The molecule has 1 aromatic carbocycles. The van der Waals surface area contributed by atoms with E-state index in [1.54, 1.807) is 24.5 Å². The summed E-state index contributed by atoms with van der Waals surface area (Å²) >= 11 is 0. The molecule has 0 amide bonds. The van der Waals surface area contributed by atoms with Gasteiger partial charge in [-0.1, -0.05) is 12.1 Å². The van der Waals surface area contributed by atoms with E-state index in [-0.39, 0.29) is 4.90 Å². The zero-order chi connectivity index (χ0) is 14.4. The minimum atomic E-state index is -3.61. The van der Waals surface area contributed by atoms with Crippen molar-refractivity contribution >= 4 is 10.0 Å². The van der Waals surface area contributed by atoms with Crippen molar-refractivity contribution in [3.8, 4) is 0 Å². The highest BCUT2D eigenvalue weighted by Crippen LogP contribution is 2.08. The van der Waals surface area contributed by atoms with Crippen LogP contribution in [0, 0.1) is 0 Å². The summed E-state index contributed by atoms with van der Waals surface area (Å²) < 4.78 is 22.2. The van der Waals surface area contributed by atoms with E-state index in [0.717, 1.165) is 24.1 Å². The molecule has 1 heterocycles. The third-order valence-electron chi connectivity index (χ3n) is 2.79. The van der Waals surface area contributed by atoms with E-state index >= 15 is 0 Å². The molecule has 1 aromatic heterocycles. The Labute approximate surface area is 118 Å². The third kappa shape index (κ3) is 4.37. The second kappa shape index (κ2) is 6.56. The topological polar surface area (TPSA) is 98.0 Å². The first-order chi connectivity index (χ1) is 9.55. The minimum absolute atomic E-state index is 0.135. The SMILES string of the molecule is NS(=O)(=O)c1ccc(CCNCc2cncnc2)cc1. The Morgan fingerprint density at radius 2 is 1.70 bits per heavy atom. The predicted molar refractivity (Wildman–Crippen MR) is 75.3 cm³/mol. The molecule has 0 aliphatic carbocycles. The molecule has 0 radical (unpaired) electrons. The fourth-order valence-electron chi connectivity index (χ4n) is 1.73. The van der Waals surface area contributed by atoms with Crippen molar-refractivity contribution in [2.75, 3.05) is 6.54 Å². The third-order valence-corrected chi connectivity index (χ3v) is 3.71. The van der Waals surface area contributed by atoms with Gasteiger partial charge in [0.1, 0.15) is 6.33 Å². The standard InChI is InChI=1S/C13H16N4O2S/c14-20(18,19)13-3-1-11(2-4-13)5-6-15-7-12-8-16-10-17-9-12/h1-4,8-10,15H,5-7H2,(H2,14,18,19). The van der Waals surface area contributed by atoms with Crippen LogP contribution in [0.4, 0.5) is 0 Å². The van der Waals surface area contributed by atoms with Crippen LogP contribution in [0.5, 0.6) is 0 Å². The number of nitrogens with one attached hydrogen (secondary N) is 1. The van der Waals surface area contributed by atoms with Crippen molar-refractivity contribution in [2.24, 2.45) is 5.14 Å². The Balaban J connectivity index is 1.80. The first-order valence-corrected chi connectivity index (χ1v) is 7.67. The quantitative estimate of drug-likeness (QED) is 0.754. The Hall–Kier alpha value is -1.83. The number of rotatable bonds is 6. The molecule has 0 unspecified atom stereocenters. The minimum Gasteiger partial charge on any atom is -0.312 e. The summed E-state index contributed by atoms with van der Waals surface area (Å²) in [6, 6.07) is 6.59. The number of nitrogens with zero attached hydrogens (tertiary/aromatic N) is 2. The van der Waals surface area contributed by atoms with Crippen LogP contribution < -0.4 is 10.5 Å². The van der Waals surface area contributed by atoms with Gasteiger partial charge in [0.2, 0.25) is 10.0 Å². The van der Waals surface area contributed by atoms with Crippen LogP contribution in [0.2, 0.25) is 0 Å². The van der Waals surface area contributed by atoms with E-state index in [1.807, 2.05) is 0 Å². The molecule has 0 aliphatic rings. The van der Waals surface area contributed by atoms with Gasteiger partial charge in [0.05, 0.1) is 4.90 Å². The number of hydrogen-bond donors (Lipinski definition) is 2. The van der Waals surface area contributed by atoms with Gasteiger partial charge in [0.15, 0.2) is 0 Å². The molecule has 0 saturated heterocycles. The van der Waals surface area contributed by atoms with Crippen molar-refractivity contribution in [3.05, 3.63) is 54.1 Å². The molecule has 0 spiro atoms. The van der Waals surface area contributed by atoms with Crippen molar-refractivity contribution in [3.63, 3.8) is 0 Å². The molecule has 7 heteroatoms. The average molecular weight is 292 g/mol. The highest BCUT2D eigenvalue weighted by atomic mass is 32.2. The first-order valence-electron chi connectivity index (χ1n) is 6.12. The van der Waals surface area contributed by atoms with E-state index in [1.165, 1.54) is 18.5 Å². The fourth-order valence-corrected chi connectivity index (χ4v) is 2.25. The lowest BCUT2D eigenvalue weighted by Gasteiger charge is -2.05. The highest BCUT2D eigenvalue weighted by molar-refractivity contribution is 7.89. The second-order valence-corrected chi connectivity index (χ2v) is 5.92. The van der Waals surface area contributed by atoms with Gasteiger partial charge in [-0.15, -0.1) is 0 Å². The molecule has 20 heavy (non-hydrogen) atoms. The maximum absolute atomic E-state index is 11.1. The Bertz CT molecular complexity index is 642. The van der Waals surface area contributed by atoms with E-state index in [2.05, 4.69) is 15.3 Å². The van der Waals surface area contributed by atoms with Crippen molar-refractivity contribution in [2.45, 2.75) is 17.9 Å². The lowest BCUT2D eigenvalue weighted by atomic mass is 10.1. The smallest absolute Gasteiger partial charge is 0.238 e. The summed E-state index contributed by atoms with van der Waals surface area (Å²) in [7, 11) is -3.61. The molecule has 0 aliphatic heterocycles. The summed E-state index contributed by atoms with van der Waals surface area (Å²) in [5, 5.41) is 8.31. The molecule has 106 valence electrons. The largest absolute Gasteiger partial charge is 0.312 e. The summed E-state index contributed by atoms with van der Waals surface area (Å²) in [4.78, 5) is 8.00.